The van der Waals surface area contributed by atoms with E-state index in [1.165, 1.54) is 40.4 Å². The van der Waals surface area contributed by atoms with Gasteiger partial charge in [0.15, 0.2) is 22.4 Å². The SMILES string of the molecule is COc1c(O)c2c(=O)cc(OC)c3c4c(OC)cc(=O)c5c(NCCC6CCC(O)CC6)c(NCCC6CCC(O)CC6)c6c(c(c1C(C(C)=O)C(C)=C6)c23)c54. The van der Waals surface area contributed by atoms with Gasteiger partial charge >= 0.3 is 0 Å². The molecule has 2 saturated carbocycles. The molecule has 8 rings (SSSR count). The molecular formula is C45H52N2O9. The number of Topliss-reactive ketones (excluding diaryl/α,β-unsaturated/α-hetero) is 1. The van der Waals surface area contributed by atoms with E-state index in [0.29, 0.717) is 85.2 Å². The lowest BCUT2D eigenvalue weighted by Gasteiger charge is -2.28. The van der Waals surface area contributed by atoms with Crippen molar-refractivity contribution in [3.05, 3.63) is 49.3 Å². The van der Waals surface area contributed by atoms with E-state index in [0.717, 1.165) is 75.5 Å². The third kappa shape index (κ3) is 6.05. The molecule has 0 heterocycles. The van der Waals surface area contributed by atoms with Gasteiger partial charge in [0.1, 0.15) is 17.3 Å². The molecule has 0 bridgehead atoms. The van der Waals surface area contributed by atoms with Crippen LogP contribution in [0, 0.1) is 11.8 Å². The monoisotopic (exact) mass is 764 g/mol. The minimum absolute atomic E-state index is 0.0325. The van der Waals surface area contributed by atoms with Crippen LogP contribution in [0.4, 0.5) is 11.4 Å². The maximum atomic E-state index is 14.7. The summed E-state index contributed by atoms with van der Waals surface area (Å²) < 4.78 is 17.8. The number of allylic oxidation sites excluding steroid dienone is 1. The molecule has 1 atom stereocenters. The summed E-state index contributed by atoms with van der Waals surface area (Å²) in [6, 6.07) is 2.82. The van der Waals surface area contributed by atoms with Gasteiger partial charge in [-0.1, -0.05) is 11.6 Å². The number of aliphatic hydroxyl groups excluding tert-OH is 2. The van der Waals surface area contributed by atoms with E-state index < -0.39 is 11.3 Å². The number of anilines is 2. The number of nitrogens with one attached hydrogen (secondary N) is 2. The molecule has 11 heteroatoms. The van der Waals surface area contributed by atoms with E-state index >= 15 is 0 Å². The van der Waals surface area contributed by atoms with Crippen LogP contribution < -0.4 is 35.7 Å². The van der Waals surface area contributed by atoms with Gasteiger partial charge < -0.3 is 40.2 Å². The van der Waals surface area contributed by atoms with Crippen molar-refractivity contribution in [1.29, 1.82) is 0 Å². The highest BCUT2D eigenvalue weighted by atomic mass is 16.5. The number of hydrogen-bond acceptors (Lipinski definition) is 11. The molecule has 3 aliphatic carbocycles. The summed E-state index contributed by atoms with van der Waals surface area (Å²) in [4.78, 5) is 42.6. The van der Waals surface area contributed by atoms with Gasteiger partial charge in [-0.15, -0.1) is 0 Å². The summed E-state index contributed by atoms with van der Waals surface area (Å²) in [5.41, 5.74) is 2.54. The summed E-state index contributed by atoms with van der Waals surface area (Å²) in [7, 11) is 4.40. The number of aliphatic hydroxyl groups is 2. The van der Waals surface area contributed by atoms with Crippen LogP contribution in [0.3, 0.4) is 0 Å². The number of rotatable bonds is 12. The largest absolute Gasteiger partial charge is 0.504 e. The molecule has 1 unspecified atom stereocenters. The van der Waals surface area contributed by atoms with E-state index in [-0.39, 0.29) is 46.1 Å². The van der Waals surface area contributed by atoms with E-state index in [2.05, 4.69) is 10.6 Å². The normalized spacial score (nSPS) is 22.5. The molecule has 0 saturated heterocycles. The number of hydrogen-bond donors (Lipinski definition) is 5. The zero-order valence-electron chi connectivity index (χ0n) is 32.9. The van der Waals surface area contributed by atoms with Gasteiger partial charge in [-0.2, -0.15) is 0 Å². The fourth-order valence-corrected chi connectivity index (χ4v) is 10.3. The molecule has 0 amide bonds. The number of phenolic OH excluding ortho intramolecular Hbond substituents is 1. The lowest BCUT2D eigenvalue weighted by molar-refractivity contribution is -0.117. The minimum Gasteiger partial charge on any atom is -0.504 e. The van der Waals surface area contributed by atoms with Crippen molar-refractivity contribution in [2.45, 2.75) is 96.2 Å². The van der Waals surface area contributed by atoms with Crippen LogP contribution in [0.25, 0.3) is 49.2 Å². The smallest absolute Gasteiger partial charge is 0.194 e. The molecule has 11 nitrogen and oxygen atoms in total. The second-order valence-electron chi connectivity index (χ2n) is 16.3. The quantitative estimate of drug-likeness (QED) is 0.0635. The molecule has 3 aliphatic rings. The zero-order valence-corrected chi connectivity index (χ0v) is 32.9. The molecule has 0 radical (unpaired) electrons. The number of ether oxygens (including phenoxy) is 3. The highest BCUT2D eigenvalue weighted by molar-refractivity contribution is 6.40. The fraction of sp³-hybridized carbons (Fsp3) is 0.489. The van der Waals surface area contributed by atoms with E-state index in [1.54, 1.807) is 0 Å². The first-order valence-corrected chi connectivity index (χ1v) is 20.1. The zero-order chi connectivity index (χ0) is 39.6. The Kier molecular flexibility index (Phi) is 10.1. The standard InChI is InChI=1S/C45H52N2O9/c1-21-18-27-33-38-34(43(47-17-15-24-8-12-26(50)13-9-24)42(27)46-16-14-23-6-10-25(49)11-7-23)28(51)19-30(54-3)36(38)37-31(55-4)20-29(52)35-40(37)39(33)41(32(21)22(2)48)45(56-5)44(35)53/h18-20,23-26,32,46-47,49-50,53H,6-17H2,1-5H3. The fourth-order valence-electron chi connectivity index (χ4n) is 10.3. The predicted octanol–water partition coefficient (Wildman–Crippen LogP) is 7.42. The maximum Gasteiger partial charge on any atom is 0.194 e. The minimum atomic E-state index is -0.842. The lowest BCUT2D eigenvalue weighted by atomic mass is 9.80. The topological polar surface area (TPSA) is 164 Å². The van der Waals surface area contributed by atoms with Crippen LogP contribution in [0.15, 0.2) is 27.3 Å². The molecule has 5 N–H and O–H groups in total. The number of aromatic hydroxyl groups is 1. The molecule has 56 heavy (non-hydrogen) atoms. The Morgan fingerprint density at radius 3 is 1.68 bits per heavy atom. The lowest BCUT2D eigenvalue weighted by Crippen LogP contribution is -2.21. The number of methoxy groups -OCH3 is 3. The Bertz CT molecular complexity index is 2500. The van der Waals surface area contributed by atoms with Crippen molar-refractivity contribution >= 4 is 66.3 Å². The number of carbonyl (C=O) groups excluding carboxylic acids is 1. The molecule has 0 aromatic heterocycles. The summed E-state index contributed by atoms with van der Waals surface area (Å²) in [6.07, 6.45) is 10.1. The summed E-state index contributed by atoms with van der Waals surface area (Å²) in [5.74, 6) is 0.0906. The highest BCUT2D eigenvalue weighted by Crippen LogP contribution is 2.58. The molecule has 0 spiro atoms. The van der Waals surface area contributed by atoms with Gasteiger partial charge in [-0.3, -0.25) is 14.4 Å². The van der Waals surface area contributed by atoms with Gasteiger partial charge in [-0.05, 0) is 95.3 Å². The van der Waals surface area contributed by atoms with Crippen LogP contribution in [0.1, 0.15) is 95.1 Å². The molecule has 296 valence electrons. The van der Waals surface area contributed by atoms with Crippen molar-refractivity contribution < 1.29 is 34.3 Å². The van der Waals surface area contributed by atoms with Crippen molar-refractivity contribution in [2.24, 2.45) is 11.8 Å². The average Bonchev–Trinajstić information content (AvgIpc) is 3.31. The first-order chi connectivity index (χ1) is 27.0. The molecule has 2 fully saturated rings. The van der Waals surface area contributed by atoms with E-state index in [1.807, 2.05) is 13.0 Å². The van der Waals surface area contributed by atoms with Gasteiger partial charge in [0, 0.05) is 63.3 Å². The van der Waals surface area contributed by atoms with Crippen molar-refractivity contribution in [1.82, 2.24) is 0 Å². The number of ketones is 1. The summed E-state index contributed by atoms with van der Waals surface area (Å²) >= 11 is 0. The second kappa shape index (κ2) is 14.9. The van der Waals surface area contributed by atoms with Gasteiger partial charge in [0.05, 0.1) is 61.6 Å². The third-order valence-corrected chi connectivity index (χ3v) is 13.0. The van der Waals surface area contributed by atoms with E-state index in [9.17, 15) is 29.7 Å². The summed E-state index contributed by atoms with van der Waals surface area (Å²) in [6.45, 7) is 4.60. The molecular weight excluding hydrogens is 712 g/mol. The maximum absolute atomic E-state index is 14.7. The molecule has 5 aromatic rings. The van der Waals surface area contributed by atoms with Crippen LogP contribution >= 0.6 is 0 Å². The Hall–Kier alpha value is -4.87. The average molecular weight is 765 g/mol. The number of benzene rings is 5. The Labute approximate surface area is 325 Å². The highest BCUT2D eigenvalue weighted by Gasteiger charge is 2.37. The Morgan fingerprint density at radius 1 is 0.679 bits per heavy atom. The van der Waals surface area contributed by atoms with Crippen LogP contribution in [0.2, 0.25) is 0 Å². The van der Waals surface area contributed by atoms with Crippen molar-refractivity contribution in [3.8, 4) is 23.0 Å². The van der Waals surface area contributed by atoms with Crippen LogP contribution in [-0.2, 0) is 4.79 Å². The number of phenols is 1. The van der Waals surface area contributed by atoms with Gasteiger partial charge in [-0.25, -0.2) is 0 Å². The van der Waals surface area contributed by atoms with E-state index in [4.69, 9.17) is 14.2 Å². The molecule has 0 aliphatic heterocycles. The number of carbonyl (C=O) groups is 1. The first-order valence-electron chi connectivity index (χ1n) is 20.1. The number of fused-ring (bicyclic) bond motifs is 1. The molecule has 5 aromatic carbocycles. The van der Waals surface area contributed by atoms with Crippen molar-refractivity contribution in [3.63, 3.8) is 0 Å². The van der Waals surface area contributed by atoms with Gasteiger partial charge in [0.25, 0.3) is 0 Å². The first kappa shape index (κ1) is 38.0. The predicted molar refractivity (Wildman–Crippen MR) is 222 cm³/mol. The summed E-state index contributed by atoms with van der Waals surface area (Å²) in [5, 5.41) is 43.5. The Balaban J connectivity index is 1.50. The van der Waals surface area contributed by atoms with Crippen molar-refractivity contribution in [2.75, 3.05) is 45.1 Å². The van der Waals surface area contributed by atoms with Crippen LogP contribution in [-0.4, -0.2) is 67.7 Å². The second-order valence-corrected chi connectivity index (χ2v) is 16.3. The van der Waals surface area contributed by atoms with Gasteiger partial charge in [0.2, 0.25) is 0 Å². The Morgan fingerprint density at radius 2 is 1.18 bits per heavy atom. The third-order valence-electron chi connectivity index (χ3n) is 13.0. The van der Waals surface area contributed by atoms with Crippen LogP contribution in [0.5, 0.6) is 23.0 Å².